The molecule has 0 aromatic heterocycles. The quantitative estimate of drug-likeness (QED) is 0.109. The molecule has 0 saturated carbocycles. The van der Waals surface area contributed by atoms with Crippen LogP contribution in [0.4, 0.5) is 5.69 Å². The van der Waals surface area contributed by atoms with Crippen LogP contribution in [0.25, 0.3) is 5.76 Å². The Hall–Kier alpha value is -5.62. The van der Waals surface area contributed by atoms with Crippen LogP contribution in [0, 0.1) is 6.92 Å². The van der Waals surface area contributed by atoms with Crippen molar-refractivity contribution < 1.29 is 24.2 Å². The molecule has 1 atom stereocenters. The lowest BCUT2D eigenvalue weighted by atomic mass is 9.94. The highest BCUT2D eigenvalue weighted by Gasteiger charge is 2.47. The summed E-state index contributed by atoms with van der Waals surface area (Å²) in [5.74, 6) is -0.378. The fraction of sp³-hybridized carbons (Fsp3) is 0.105. The van der Waals surface area contributed by atoms with Crippen molar-refractivity contribution in [3.05, 3.63) is 167 Å². The molecule has 5 aromatic carbocycles. The Morgan fingerprint density at radius 1 is 0.705 bits per heavy atom. The van der Waals surface area contributed by atoms with Crippen LogP contribution in [0.5, 0.6) is 11.5 Å². The Morgan fingerprint density at radius 3 is 1.86 bits per heavy atom. The fourth-order valence-corrected chi connectivity index (χ4v) is 5.34. The van der Waals surface area contributed by atoms with Gasteiger partial charge in [-0.25, -0.2) is 0 Å². The number of ether oxygens (including phenoxy) is 2. The van der Waals surface area contributed by atoms with E-state index < -0.39 is 17.7 Å². The number of para-hydroxylation sites is 1. The molecule has 0 radical (unpaired) electrons. The van der Waals surface area contributed by atoms with Gasteiger partial charge in [-0.1, -0.05) is 91.0 Å². The number of anilines is 1. The van der Waals surface area contributed by atoms with Gasteiger partial charge >= 0.3 is 0 Å². The van der Waals surface area contributed by atoms with Crippen LogP contribution in [-0.4, -0.2) is 16.8 Å². The van der Waals surface area contributed by atoms with E-state index in [1.165, 1.54) is 4.90 Å². The monoisotopic (exact) mass is 581 g/mol. The average molecular weight is 582 g/mol. The molecule has 1 amide bonds. The predicted octanol–water partition coefficient (Wildman–Crippen LogP) is 7.78. The molecule has 44 heavy (non-hydrogen) atoms. The summed E-state index contributed by atoms with van der Waals surface area (Å²) in [6.45, 7) is 2.69. The highest BCUT2D eigenvalue weighted by Crippen LogP contribution is 2.42. The molecule has 1 fully saturated rings. The topological polar surface area (TPSA) is 76.1 Å². The first-order valence-electron chi connectivity index (χ1n) is 14.4. The van der Waals surface area contributed by atoms with E-state index in [4.69, 9.17) is 9.47 Å². The minimum absolute atomic E-state index is 0.0224. The number of hydrogen-bond donors (Lipinski definition) is 1. The van der Waals surface area contributed by atoms with Crippen LogP contribution in [-0.2, 0) is 22.8 Å². The second-order valence-corrected chi connectivity index (χ2v) is 10.6. The Morgan fingerprint density at radius 2 is 1.27 bits per heavy atom. The maximum absolute atomic E-state index is 13.6. The van der Waals surface area contributed by atoms with Crippen LogP contribution in [0.3, 0.4) is 0 Å². The number of aryl methyl sites for hydroxylation is 1. The number of Topliss-reactive ketones (excluding diaryl/α,β-unsaturated/α-hetero) is 1. The molecule has 1 saturated heterocycles. The normalized spacial score (nSPS) is 15.8. The predicted molar refractivity (Wildman–Crippen MR) is 170 cm³/mol. The lowest BCUT2D eigenvalue weighted by Gasteiger charge is -2.25. The van der Waals surface area contributed by atoms with Gasteiger partial charge in [0.2, 0.25) is 0 Å². The van der Waals surface area contributed by atoms with Crippen molar-refractivity contribution in [3.8, 4) is 11.5 Å². The van der Waals surface area contributed by atoms with E-state index in [1.807, 2.05) is 110 Å². The Bertz CT molecular complexity index is 1800. The zero-order chi connectivity index (χ0) is 30.5. The minimum atomic E-state index is -0.838. The maximum Gasteiger partial charge on any atom is 0.300 e. The molecule has 6 heteroatoms. The fourth-order valence-electron chi connectivity index (χ4n) is 5.34. The first-order chi connectivity index (χ1) is 21.5. The standard InChI is InChI=1S/C38H31NO5/c1-26-23-30(19-22-33(26)44-25-28-13-7-3-8-14-28)36(40)34-35(39(38(42)37(34)41)31-15-9-4-10-16-31)29-17-20-32(21-18-29)43-24-27-11-5-2-6-12-27/h2-23,35,40H,24-25H2,1H3/b36-34+. The summed E-state index contributed by atoms with van der Waals surface area (Å²) in [6, 6.07) is 40.4. The molecule has 1 N–H and O–H groups in total. The molecule has 1 aliphatic rings. The van der Waals surface area contributed by atoms with Gasteiger partial charge in [0.05, 0.1) is 11.6 Å². The molecule has 1 aliphatic heterocycles. The molecular weight excluding hydrogens is 550 g/mol. The first-order valence-corrected chi connectivity index (χ1v) is 14.4. The number of hydrogen-bond acceptors (Lipinski definition) is 5. The summed E-state index contributed by atoms with van der Waals surface area (Å²) < 4.78 is 12.0. The number of rotatable bonds is 9. The summed E-state index contributed by atoms with van der Waals surface area (Å²) in [6.07, 6.45) is 0. The molecule has 0 spiro atoms. The Kier molecular flexibility index (Phi) is 8.23. The Labute approximate surface area is 256 Å². The van der Waals surface area contributed by atoms with Crippen molar-refractivity contribution in [2.75, 3.05) is 4.90 Å². The van der Waals surface area contributed by atoms with Gasteiger partial charge in [-0.15, -0.1) is 0 Å². The Balaban J connectivity index is 1.33. The lowest BCUT2D eigenvalue weighted by Crippen LogP contribution is -2.29. The summed E-state index contributed by atoms with van der Waals surface area (Å²) in [5, 5.41) is 11.6. The average Bonchev–Trinajstić information content (AvgIpc) is 3.34. The molecule has 1 unspecified atom stereocenters. The van der Waals surface area contributed by atoms with Gasteiger partial charge in [-0.2, -0.15) is 0 Å². The van der Waals surface area contributed by atoms with E-state index in [1.54, 1.807) is 30.3 Å². The van der Waals surface area contributed by atoms with Gasteiger partial charge in [0.1, 0.15) is 30.5 Å². The number of amides is 1. The van der Waals surface area contributed by atoms with Crippen molar-refractivity contribution in [2.45, 2.75) is 26.2 Å². The van der Waals surface area contributed by atoms with Gasteiger partial charge in [0.15, 0.2) is 0 Å². The third-order valence-corrected chi connectivity index (χ3v) is 7.61. The smallest absolute Gasteiger partial charge is 0.300 e. The first kappa shape index (κ1) is 28.5. The van der Waals surface area contributed by atoms with Gasteiger partial charge in [-0.3, -0.25) is 14.5 Å². The second kappa shape index (κ2) is 12.7. The number of nitrogens with zero attached hydrogens (tertiary/aromatic N) is 1. The van der Waals surface area contributed by atoms with Crippen molar-refractivity contribution in [1.82, 2.24) is 0 Å². The molecule has 1 heterocycles. The highest BCUT2D eigenvalue weighted by atomic mass is 16.5. The van der Waals surface area contributed by atoms with E-state index >= 15 is 0 Å². The molecule has 6 nitrogen and oxygen atoms in total. The third kappa shape index (κ3) is 5.96. The largest absolute Gasteiger partial charge is 0.507 e. The summed E-state index contributed by atoms with van der Waals surface area (Å²) in [5.41, 5.74) is 4.54. The van der Waals surface area contributed by atoms with Crippen molar-refractivity contribution in [1.29, 1.82) is 0 Å². The number of benzene rings is 5. The minimum Gasteiger partial charge on any atom is -0.507 e. The highest BCUT2D eigenvalue weighted by molar-refractivity contribution is 6.51. The molecule has 0 bridgehead atoms. The van der Waals surface area contributed by atoms with Gasteiger partial charge in [0.25, 0.3) is 11.7 Å². The lowest BCUT2D eigenvalue weighted by molar-refractivity contribution is -0.132. The number of carbonyl (C=O) groups excluding carboxylic acids is 2. The summed E-state index contributed by atoms with van der Waals surface area (Å²) in [7, 11) is 0. The van der Waals surface area contributed by atoms with Gasteiger partial charge in [-0.05, 0) is 71.6 Å². The van der Waals surface area contributed by atoms with Crippen molar-refractivity contribution in [3.63, 3.8) is 0 Å². The number of ketones is 1. The zero-order valence-corrected chi connectivity index (χ0v) is 24.2. The molecule has 6 rings (SSSR count). The van der Waals surface area contributed by atoms with Crippen molar-refractivity contribution in [2.24, 2.45) is 0 Å². The van der Waals surface area contributed by atoms with Crippen LogP contribution in [0.2, 0.25) is 0 Å². The molecule has 218 valence electrons. The molecule has 0 aliphatic carbocycles. The van der Waals surface area contributed by atoms with E-state index in [0.29, 0.717) is 41.5 Å². The van der Waals surface area contributed by atoms with Crippen LogP contribution in [0.1, 0.15) is 33.9 Å². The van der Waals surface area contributed by atoms with Gasteiger partial charge in [0, 0.05) is 11.3 Å². The van der Waals surface area contributed by atoms with E-state index in [9.17, 15) is 14.7 Å². The summed E-state index contributed by atoms with van der Waals surface area (Å²) in [4.78, 5) is 28.5. The molecular formula is C38H31NO5. The number of aliphatic hydroxyl groups is 1. The van der Waals surface area contributed by atoms with E-state index in [0.717, 1.165) is 16.7 Å². The van der Waals surface area contributed by atoms with Crippen LogP contribution in [0.15, 0.2) is 139 Å². The SMILES string of the molecule is Cc1cc(/C(O)=C2\C(=O)C(=O)N(c3ccccc3)C2c2ccc(OCc3ccccc3)cc2)ccc1OCc1ccccc1. The van der Waals surface area contributed by atoms with Crippen LogP contribution < -0.4 is 14.4 Å². The van der Waals surface area contributed by atoms with Crippen molar-refractivity contribution >= 4 is 23.1 Å². The zero-order valence-electron chi connectivity index (χ0n) is 24.2. The number of carbonyl (C=O) groups is 2. The molecule has 5 aromatic rings. The van der Waals surface area contributed by atoms with E-state index in [2.05, 4.69) is 0 Å². The third-order valence-electron chi connectivity index (χ3n) is 7.61. The maximum atomic E-state index is 13.6. The second-order valence-electron chi connectivity index (χ2n) is 10.6. The number of aliphatic hydroxyl groups excluding tert-OH is 1. The van der Waals surface area contributed by atoms with E-state index in [-0.39, 0.29) is 11.3 Å². The van der Waals surface area contributed by atoms with Gasteiger partial charge < -0.3 is 14.6 Å². The van der Waals surface area contributed by atoms with Crippen LogP contribution >= 0.6 is 0 Å². The summed E-state index contributed by atoms with van der Waals surface area (Å²) >= 11 is 0.